The Hall–Kier alpha value is -1.61. The summed E-state index contributed by atoms with van der Waals surface area (Å²) in [5.41, 5.74) is 3.50. The molecule has 0 unspecified atom stereocenters. The van der Waals surface area contributed by atoms with E-state index >= 15 is 0 Å². The Morgan fingerprint density at radius 1 is 1.32 bits per heavy atom. The standard InChI is InChI=1S/C16H20N2O/c1-3-19-13-9-12(10-13)18-15-7-6-11(2)16-14(15)5-4-8-17-16/h4-8,12-13,18H,3,9-10H2,1-2H3. The number of hydrogen-bond donors (Lipinski definition) is 1. The highest BCUT2D eigenvalue weighted by Crippen LogP contribution is 2.30. The fourth-order valence-electron chi connectivity index (χ4n) is 2.71. The van der Waals surface area contributed by atoms with Crippen LogP contribution in [-0.4, -0.2) is 23.7 Å². The average molecular weight is 256 g/mol. The first-order chi connectivity index (χ1) is 9.28. The van der Waals surface area contributed by atoms with Gasteiger partial charge in [0.25, 0.3) is 0 Å². The Labute approximate surface area is 114 Å². The van der Waals surface area contributed by atoms with Crippen LogP contribution in [0.4, 0.5) is 5.69 Å². The monoisotopic (exact) mass is 256 g/mol. The van der Waals surface area contributed by atoms with Crippen LogP contribution in [-0.2, 0) is 4.74 Å². The fraction of sp³-hybridized carbons (Fsp3) is 0.438. The lowest BCUT2D eigenvalue weighted by Gasteiger charge is -2.36. The number of ether oxygens (including phenoxy) is 1. The van der Waals surface area contributed by atoms with Crippen LogP contribution in [0.25, 0.3) is 10.9 Å². The molecule has 3 nitrogen and oxygen atoms in total. The van der Waals surface area contributed by atoms with Crippen molar-refractivity contribution in [2.45, 2.75) is 38.8 Å². The highest BCUT2D eigenvalue weighted by molar-refractivity contribution is 5.93. The van der Waals surface area contributed by atoms with Crippen molar-refractivity contribution >= 4 is 16.6 Å². The summed E-state index contributed by atoms with van der Waals surface area (Å²) in [6.07, 6.45) is 4.50. The van der Waals surface area contributed by atoms with Crippen molar-refractivity contribution in [3.05, 3.63) is 36.0 Å². The second-order valence-corrected chi connectivity index (χ2v) is 5.22. The highest BCUT2D eigenvalue weighted by atomic mass is 16.5. The summed E-state index contributed by atoms with van der Waals surface area (Å²) < 4.78 is 5.60. The number of rotatable bonds is 4. The number of nitrogens with zero attached hydrogens (tertiary/aromatic N) is 1. The van der Waals surface area contributed by atoms with Gasteiger partial charge < -0.3 is 10.1 Å². The molecule has 0 bridgehead atoms. The zero-order valence-corrected chi connectivity index (χ0v) is 11.5. The van der Waals surface area contributed by atoms with Gasteiger partial charge in [-0.3, -0.25) is 4.98 Å². The van der Waals surface area contributed by atoms with Crippen molar-refractivity contribution in [3.63, 3.8) is 0 Å². The minimum Gasteiger partial charge on any atom is -0.382 e. The molecule has 3 heteroatoms. The molecule has 19 heavy (non-hydrogen) atoms. The molecule has 1 aromatic heterocycles. The maximum Gasteiger partial charge on any atom is 0.0751 e. The number of nitrogens with one attached hydrogen (secondary N) is 1. The van der Waals surface area contributed by atoms with Gasteiger partial charge in [-0.15, -0.1) is 0 Å². The molecule has 1 N–H and O–H groups in total. The van der Waals surface area contributed by atoms with Crippen LogP contribution in [0.5, 0.6) is 0 Å². The summed E-state index contributed by atoms with van der Waals surface area (Å²) in [5.74, 6) is 0. The topological polar surface area (TPSA) is 34.1 Å². The number of anilines is 1. The van der Waals surface area contributed by atoms with E-state index in [9.17, 15) is 0 Å². The van der Waals surface area contributed by atoms with Crippen LogP contribution < -0.4 is 5.32 Å². The quantitative estimate of drug-likeness (QED) is 0.908. The molecular formula is C16H20N2O. The lowest BCUT2D eigenvalue weighted by Crippen LogP contribution is -2.40. The molecule has 3 rings (SSSR count). The van der Waals surface area contributed by atoms with Crippen molar-refractivity contribution in [1.82, 2.24) is 4.98 Å². The Balaban J connectivity index is 1.77. The second-order valence-electron chi connectivity index (χ2n) is 5.22. The summed E-state index contributed by atoms with van der Waals surface area (Å²) in [5, 5.41) is 4.83. The zero-order chi connectivity index (χ0) is 13.2. The minimum absolute atomic E-state index is 0.442. The second kappa shape index (κ2) is 5.17. The van der Waals surface area contributed by atoms with Gasteiger partial charge in [0.2, 0.25) is 0 Å². The van der Waals surface area contributed by atoms with Crippen LogP contribution in [0, 0.1) is 6.92 Å². The number of fused-ring (bicyclic) bond motifs is 1. The first-order valence-corrected chi connectivity index (χ1v) is 7.00. The van der Waals surface area contributed by atoms with Gasteiger partial charge >= 0.3 is 0 Å². The molecule has 1 aliphatic rings. The first kappa shape index (κ1) is 12.4. The van der Waals surface area contributed by atoms with Crippen LogP contribution in [0.3, 0.4) is 0 Å². The molecule has 1 heterocycles. The van der Waals surface area contributed by atoms with E-state index in [1.807, 2.05) is 12.3 Å². The highest BCUT2D eigenvalue weighted by Gasteiger charge is 2.29. The molecule has 1 aliphatic carbocycles. The molecule has 0 aliphatic heterocycles. The molecule has 1 saturated carbocycles. The molecule has 0 saturated heterocycles. The van der Waals surface area contributed by atoms with Gasteiger partial charge in [0.05, 0.1) is 11.6 Å². The van der Waals surface area contributed by atoms with Crippen LogP contribution in [0.1, 0.15) is 25.3 Å². The van der Waals surface area contributed by atoms with Crippen molar-refractivity contribution in [2.24, 2.45) is 0 Å². The van der Waals surface area contributed by atoms with Crippen molar-refractivity contribution in [2.75, 3.05) is 11.9 Å². The summed E-state index contributed by atoms with van der Waals surface area (Å²) in [6, 6.07) is 8.96. The molecule has 0 atom stereocenters. The van der Waals surface area contributed by atoms with E-state index in [0.717, 1.165) is 25.0 Å². The lowest BCUT2D eigenvalue weighted by atomic mass is 9.89. The van der Waals surface area contributed by atoms with Gasteiger partial charge in [-0.05, 0) is 50.5 Å². The predicted octanol–water partition coefficient (Wildman–Crippen LogP) is 3.52. The van der Waals surface area contributed by atoms with Gasteiger partial charge in [0, 0.05) is 29.9 Å². The van der Waals surface area contributed by atoms with Crippen molar-refractivity contribution in [3.8, 4) is 0 Å². The number of aryl methyl sites for hydroxylation is 1. The Kier molecular flexibility index (Phi) is 3.38. The molecule has 1 fully saturated rings. The Morgan fingerprint density at radius 2 is 2.16 bits per heavy atom. The third kappa shape index (κ3) is 2.43. The van der Waals surface area contributed by atoms with Crippen LogP contribution in [0.2, 0.25) is 0 Å². The third-order valence-corrected chi connectivity index (χ3v) is 3.83. The summed E-state index contributed by atoms with van der Waals surface area (Å²) in [4.78, 5) is 4.47. The number of pyridine rings is 1. The average Bonchev–Trinajstić information content (AvgIpc) is 2.39. The lowest BCUT2D eigenvalue weighted by molar-refractivity contribution is 0.00302. The SMILES string of the molecule is CCOC1CC(Nc2ccc(C)c3ncccc23)C1. The number of benzene rings is 1. The van der Waals surface area contributed by atoms with E-state index in [1.54, 1.807) is 0 Å². The van der Waals surface area contributed by atoms with Crippen molar-refractivity contribution < 1.29 is 4.74 Å². The van der Waals surface area contributed by atoms with Gasteiger partial charge in [0.15, 0.2) is 0 Å². The zero-order valence-electron chi connectivity index (χ0n) is 11.5. The summed E-state index contributed by atoms with van der Waals surface area (Å²) >= 11 is 0. The van der Waals surface area contributed by atoms with E-state index in [-0.39, 0.29) is 0 Å². The largest absolute Gasteiger partial charge is 0.382 e. The van der Waals surface area contributed by atoms with Gasteiger partial charge in [0.1, 0.15) is 0 Å². The molecule has 0 spiro atoms. The van der Waals surface area contributed by atoms with Crippen LogP contribution >= 0.6 is 0 Å². The van der Waals surface area contributed by atoms with Gasteiger partial charge in [-0.2, -0.15) is 0 Å². The van der Waals surface area contributed by atoms with Gasteiger partial charge in [-0.1, -0.05) is 6.07 Å². The number of hydrogen-bond acceptors (Lipinski definition) is 3. The smallest absolute Gasteiger partial charge is 0.0751 e. The summed E-state index contributed by atoms with van der Waals surface area (Å²) in [7, 11) is 0. The third-order valence-electron chi connectivity index (χ3n) is 3.83. The van der Waals surface area contributed by atoms with E-state index in [4.69, 9.17) is 4.74 Å². The minimum atomic E-state index is 0.442. The van der Waals surface area contributed by atoms with E-state index in [2.05, 4.69) is 42.3 Å². The van der Waals surface area contributed by atoms with Gasteiger partial charge in [-0.25, -0.2) is 0 Å². The maximum absolute atomic E-state index is 5.60. The van der Waals surface area contributed by atoms with E-state index in [0.29, 0.717) is 12.1 Å². The fourth-order valence-corrected chi connectivity index (χ4v) is 2.71. The summed E-state index contributed by atoms with van der Waals surface area (Å²) in [6.45, 7) is 4.97. The van der Waals surface area contributed by atoms with E-state index in [1.165, 1.54) is 16.6 Å². The molecule has 100 valence electrons. The maximum atomic E-state index is 5.60. The Morgan fingerprint density at radius 3 is 2.95 bits per heavy atom. The number of aromatic nitrogens is 1. The molecule has 2 aromatic rings. The molecule has 0 radical (unpaired) electrons. The normalized spacial score (nSPS) is 22.2. The first-order valence-electron chi connectivity index (χ1n) is 7.00. The Bertz CT molecular complexity index is 576. The molecule has 0 amide bonds. The van der Waals surface area contributed by atoms with Crippen LogP contribution in [0.15, 0.2) is 30.5 Å². The predicted molar refractivity (Wildman–Crippen MR) is 78.5 cm³/mol. The molecular weight excluding hydrogens is 236 g/mol. The molecule has 1 aromatic carbocycles. The van der Waals surface area contributed by atoms with Crippen molar-refractivity contribution in [1.29, 1.82) is 0 Å². The van der Waals surface area contributed by atoms with E-state index < -0.39 is 0 Å².